The van der Waals surface area contributed by atoms with Gasteiger partial charge in [0.2, 0.25) is 0 Å². The van der Waals surface area contributed by atoms with E-state index in [0.717, 1.165) is 5.56 Å². The molecule has 4 aromatic rings. The molecule has 0 aliphatic rings. The van der Waals surface area contributed by atoms with Crippen molar-refractivity contribution < 1.29 is 19.1 Å². The van der Waals surface area contributed by atoms with Crippen molar-refractivity contribution >= 4 is 41.0 Å². The number of ketones is 1. The highest BCUT2D eigenvalue weighted by Crippen LogP contribution is 2.19. The zero-order valence-corrected chi connectivity index (χ0v) is 20.9. The predicted octanol–water partition coefficient (Wildman–Crippen LogP) is 5.55. The SMILES string of the molecule is CCOC(=O)c1nnn(-c2cccc(NC(=O)c3ccc(/C=C/C(=O)c4ccc(Cl)cc4)cc3)c2)c1C. The molecule has 9 heteroatoms. The quantitative estimate of drug-likeness (QED) is 0.188. The molecular formula is C28H23ClN4O4. The minimum Gasteiger partial charge on any atom is -0.461 e. The number of carbonyl (C=O) groups is 3. The number of carbonyl (C=O) groups excluding carboxylic acids is 3. The summed E-state index contributed by atoms with van der Waals surface area (Å²) in [6.45, 7) is 3.68. The van der Waals surface area contributed by atoms with Crippen LogP contribution in [0.3, 0.4) is 0 Å². The van der Waals surface area contributed by atoms with Crippen LogP contribution in [0.15, 0.2) is 78.9 Å². The van der Waals surface area contributed by atoms with Crippen molar-refractivity contribution in [3.05, 3.63) is 112 Å². The molecule has 0 radical (unpaired) electrons. The molecule has 0 saturated heterocycles. The fourth-order valence-electron chi connectivity index (χ4n) is 3.51. The summed E-state index contributed by atoms with van der Waals surface area (Å²) in [7, 11) is 0. The second kappa shape index (κ2) is 11.5. The molecule has 0 unspecified atom stereocenters. The molecule has 1 aromatic heterocycles. The van der Waals surface area contributed by atoms with E-state index in [2.05, 4.69) is 15.6 Å². The fourth-order valence-corrected chi connectivity index (χ4v) is 3.64. The van der Waals surface area contributed by atoms with E-state index in [1.54, 1.807) is 92.7 Å². The Morgan fingerprint density at radius 1 is 1.00 bits per heavy atom. The third-order valence-electron chi connectivity index (χ3n) is 5.44. The summed E-state index contributed by atoms with van der Waals surface area (Å²) in [6.07, 6.45) is 3.16. The molecule has 1 heterocycles. The number of halogens is 1. The van der Waals surface area contributed by atoms with E-state index in [9.17, 15) is 14.4 Å². The Morgan fingerprint density at radius 3 is 2.41 bits per heavy atom. The second-order valence-corrected chi connectivity index (χ2v) is 8.42. The summed E-state index contributed by atoms with van der Waals surface area (Å²) in [5.41, 5.74) is 3.61. The van der Waals surface area contributed by atoms with E-state index in [0.29, 0.717) is 33.2 Å². The first-order valence-electron chi connectivity index (χ1n) is 11.4. The Hall–Kier alpha value is -4.56. The van der Waals surface area contributed by atoms with E-state index in [-0.39, 0.29) is 24.0 Å². The normalized spacial score (nSPS) is 10.9. The number of amides is 1. The van der Waals surface area contributed by atoms with Gasteiger partial charge in [-0.3, -0.25) is 9.59 Å². The zero-order valence-electron chi connectivity index (χ0n) is 20.1. The molecule has 0 bridgehead atoms. The largest absolute Gasteiger partial charge is 0.461 e. The summed E-state index contributed by atoms with van der Waals surface area (Å²) in [6, 6.07) is 20.6. The highest BCUT2D eigenvalue weighted by molar-refractivity contribution is 6.30. The zero-order chi connectivity index (χ0) is 26.4. The summed E-state index contributed by atoms with van der Waals surface area (Å²) < 4.78 is 6.51. The topological polar surface area (TPSA) is 103 Å². The van der Waals surface area contributed by atoms with Gasteiger partial charge in [0.25, 0.3) is 5.91 Å². The number of hydrogen-bond donors (Lipinski definition) is 1. The lowest BCUT2D eigenvalue weighted by Crippen LogP contribution is -2.12. The van der Waals surface area contributed by atoms with Gasteiger partial charge in [-0.25, -0.2) is 9.48 Å². The number of aromatic nitrogens is 3. The maximum Gasteiger partial charge on any atom is 0.360 e. The molecule has 0 atom stereocenters. The maximum atomic E-state index is 12.8. The van der Waals surface area contributed by atoms with Crippen molar-refractivity contribution in [3.63, 3.8) is 0 Å². The van der Waals surface area contributed by atoms with Crippen LogP contribution in [0, 0.1) is 6.92 Å². The Kier molecular flexibility index (Phi) is 7.90. The molecule has 186 valence electrons. The average Bonchev–Trinajstić information content (AvgIpc) is 3.29. The van der Waals surface area contributed by atoms with E-state index in [1.807, 2.05) is 0 Å². The number of benzene rings is 3. The van der Waals surface area contributed by atoms with Crippen LogP contribution in [0.25, 0.3) is 11.8 Å². The van der Waals surface area contributed by atoms with Crippen molar-refractivity contribution in [2.24, 2.45) is 0 Å². The van der Waals surface area contributed by atoms with E-state index in [4.69, 9.17) is 16.3 Å². The molecular weight excluding hydrogens is 492 g/mol. The van der Waals surface area contributed by atoms with Crippen molar-refractivity contribution in [2.45, 2.75) is 13.8 Å². The molecule has 0 aliphatic carbocycles. The number of nitrogens with one attached hydrogen (secondary N) is 1. The van der Waals surface area contributed by atoms with Crippen LogP contribution in [0.1, 0.15) is 49.4 Å². The minimum atomic E-state index is -0.539. The van der Waals surface area contributed by atoms with E-state index in [1.165, 1.54) is 10.8 Å². The Morgan fingerprint density at radius 2 is 1.70 bits per heavy atom. The van der Waals surface area contributed by atoms with Gasteiger partial charge in [0, 0.05) is 21.8 Å². The maximum absolute atomic E-state index is 12.8. The third kappa shape index (κ3) is 6.17. The van der Waals surface area contributed by atoms with Crippen LogP contribution in [0.2, 0.25) is 5.02 Å². The number of allylic oxidation sites excluding steroid dienone is 1. The van der Waals surface area contributed by atoms with Crippen LogP contribution < -0.4 is 5.32 Å². The summed E-state index contributed by atoms with van der Waals surface area (Å²) in [4.78, 5) is 37.1. The van der Waals surface area contributed by atoms with Gasteiger partial charge < -0.3 is 10.1 Å². The first-order chi connectivity index (χ1) is 17.9. The van der Waals surface area contributed by atoms with Gasteiger partial charge in [-0.1, -0.05) is 41.1 Å². The van der Waals surface area contributed by atoms with E-state index < -0.39 is 5.97 Å². The van der Waals surface area contributed by atoms with Crippen LogP contribution in [-0.4, -0.2) is 39.3 Å². The van der Waals surface area contributed by atoms with Crippen LogP contribution >= 0.6 is 11.6 Å². The fraction of sp³-hybridized carbons (Fsp3) is 0.107. The lowest BCUT2D eigenvalue weighted by molar-refractivity contribution is 0.0518. The van der Waals surface area contributed by atoms with Gasteiger partial charge in [-0.2, -0.15) is 0 Å². The van der Waals surface area contributed by atoms with Gasteiger partial charge in [-0.15, -0.1) is 5.10 Å². The molecule has 1 N–H and O–H groups in total. The molecule has 0 fully saturated rings. The summed E-state index contributed by atoms with van der Waals surface area (Å²) in [5, 5.41) is 11.4. The number of rotatable bonds is 8. The second-order valence-electron chi connectivity index (χ2n) is 7.99. The summed E-state index contributed by atoms with van der Waals surface area (Å²) in [5.74, 6) is -0.980. The lowest BCUT2D eigenvalue weighted by Gasteiger charge is -2.09. The molecule has 4 rings (SSSR count). The number of esters is 1. The van der Waals surface area contributed by atoms with Gasteiger partial charge in [-0.05, 0) is 80.1 Å². The third-order valence-corrected chi connectivity index (χ3v) is 5.69. The first-order valence-corrected chi connectivity index (χ1v) is 11.8. The number of ether oxygens (including phenoxy) is 1. The van der Waals surface area contributed by atoms with Gasteiger partial charge in [0.15, 0.2) is 11.5 Å². The Bertz CT molecular complexity index is 1480. The Labute approximate surface area is 218 Å². The van der Waals surface area contributed by atoms with Gasteiger partial charge in [0.1, 0.15) is 0 Å². The molecule has 37 heavy (non-hydrogen) atoms. The molecule has 0 aliphatic heterocycles. The average molecular weight is 515 g/mol. The smallest absolute Gasteiger partial charge is 0.360 e. The van der Waals surface area contributed by atoms with Gasteiger partial charge >= 0.3 is 5.97 Å². The van der Waals surface area contributed by atoms with Crippen molar-refractivity contribution in [2.75, 3.05) is 11.9 Å². The molecule has 3 aromatic carbocycles. The number of nitrogens with zero attached hydrogens (tertiary/aromatic N) is 3. The summed E-state index contributed by atoms with van der Waals surface area (Å²) >= 11 is 5.86. The minimum absolute atomic E-state index is 0.139. The highest BCUT2D eigenvalue weighted by Gasteiger charge is 2.18. The lowest BCUT2D eigenvalue weighted by atomic mass is 10.1. The number of anilines is 1. The van der Waals surface area contributed by atoms with Gasteiger partial charge in [0.05, 0.1) is 18.0 Å². The van der Waals surface area contributed by atoms with Crippen molar-refractivity contribution in [3.8, 4) is 5.69 Å². The van der Waals surface area contributed by atoms with E-state index >= 15 is 0 Å². The molecule has 0 saturated carbocycles. The molecule has 1 amide bonds. The first kappa shape index (κ1) is 25.5. The van der Waals surface area contributed by atoms with Crippen molar-refractivity contribution in [1.82, 2.24) is 15.0 Å². The molecule has 8 nitrogen and oxygen atoms in total. The van der Waals surface area contributed by atoms with Crippen molar-refractivity contribution in [1.29, 1.82) is 0 Å². The highest BCUT2D eigenvalue weighted by atomic mass is 35.5. The predicted molar refractivity (Wildman–Crippen MR) is 141 cm³/mol. The monoisotopic (exact) mass is 514 g/mol. The Balaban J connectivity index is 1.43. The van der Waals surface area contributed by atoms with Crippen LogP contribution in [0.5, 0.6) is 0 Å². The van der Waals surface area contributed by atoms with Crippen LogP contribution in [0.4, 0.5) is 5.69 Å². The standard InChI is InChI=1S/C28H23ClN4O4/c1-3-37-28(36)26-18(2)33(32-31-26)24-6-4-5-23(17-24)30-27(35)21-10-7-19(8-11-21)9-16-25(34)20-12-14-22(29)15-13-20/h4-17H,3H2,1-2H3,(H,30,35)/b16-9+. The van der Waals surface area contributed by atoms with Crippen LogP contribution in [-0.2, 0) is 4.74 Å². The molecule has 0 spiro atoms. The number of hydrogen-bond acceptors (Lipinski definition) is 6.